The number of hydrogen-bond donors (Lipinski definition) is 2. The monoisotopic (exact) mass is 358 g/mol. The van der Waals surface area contributed by atoms with E-state index < -0.39 is 5.60 Å². The van der Waals surface area contributed by atoms with Gasteiger partial charge >= 0.3 is 0 Å². The third-order valence-electron chi connectivity index (χ3n) is 7.35. The van der Waals surface area contributed by atoms with Gasteiger partial charge in [-0.25, -0.2) is 0 Å². The lowest BCUT2D eigenvalue weighted by atomic mass is 9.52. The Morgan fingerprint density at radius 1 is 1.19 bits per heavy atom. The Hall–Kier alpha value is -1.56. The maximum absolute atomic E-state index is 13.1. The highest BCUT2D eigenvalue weighted by molar-refractivity contribution is 5.99. The highest BCUT2D eigenvalue weighted by Gasteiger charge is 2.55. The summed E-state index contributed by atoms with van der Waals surface area (Å²) >= 11 is 0. The normalized spacial score (nSPS) is 38.6. The molecule has 4 bridgehead atoms. The van der Waals surface area contributed by atoms with Crippen LogP contribution < -0.4 is 10.2 Å². The molecular formula is C20H30N4O2. The molecule has 0 aromatic carbocycles. The largest absolute Gasteiger partial charge is 0.390 e. The van der Waals surface area contributed by atoms with Gasteiger partial charge in [-0.15, -0.1) is 0 Å². The summed E-state index contributed by atoms with van der Waals surface area (Å²) in [5, 5.41) is 18.5. The van der Waals surface area contributed by atoms with Crippen LogP contribution >= 0.6 is 0 Å². The zero-order valence-corrected chi connectivity index (χ0v) is 15.7. The Kier molecular flexibility index (Phi) is 3.82. The summed E-state index contributed by atoms with van der Waals surface area (Å²) in [5.41, 5.74) is 0.257. The van der Waals surface area contributed by atoms with E-state index in [9.17, 15) is 9.90 Å². The van der Waals surface area contributed by atoms with E-state index in [2.05, 4.69) is 15.3 Å². The first-order valence-electron chi connectivity index (χ1n) is 10.3. The lowest BCUT2D eigenvalue weighted by Crippen LogP contribution is -2.61. The second-order valence-electron chi connectivity index (χ2n) is 9.25. The lowest BCUT2D eigenvalue weighted by molar-refractivity contribution is -0.136. The van der Waals surface area contributed by atoms with Crippen LogP contribution in [0.2, 0.25) is 0 Å². The Labute approximate surface area is 154 Å². The zero-order chi connectivity index (χ0) is 17.9. The molecule has 5 fully saturated rings. The minimum absolute atomic E-state index is 0.0168. The van der Waals surface area contributed by atoms with E-state index in [0.717, 1.165) is 51.0 Å². The van der Waals surface area contributed by atoms with Crippen molar-refractivity contribution in [3.8, 4) is 0 Å². The van der Waals surface area contributed by atoms with Gasteiger partial charge in [0.1, 0.15) is 11.4 Å². The molecule has 1 aromatic rings. The van der Waals surface area contributed by atoms with Crippen LogP contribution in [0, 0.1) is 17.8 Å². The maximum Gasteiger partial charge on any atom is 0.256 e. The molecule has 1 saturated heterocycles. The van der Waals surface area contributed by atoms with Gasteiger partial charge in [-0.2, -0.15) is 5.10 Å². The number of anilines is 1. The average Bonchev–Trinajstić information content (AvgIpc) is 2.99. The van der Waals surface area contributed by atoms with Crippen molar-refractivity contribution in [3.05, 3.63) is 11.8 Å². The first-order chi connectivity index (χ1) is 12.5. The van der Waals surface area contributed by atoms with Gasteiger partial charge in [0.25, 0.3) is 5.91 Å². The second kappa shape index (κ2) is 5.98. The number of hydrogen-bond acceptors (Lipinski definition) is 4. The zero-order valence-electron chi connectivity index (χ0n) is 15.7. The number of nitrogens with one attached hydrogen (secondary N) is 1. The maximum atomic E-state index is 13.1. The van der Waals surface area contributed by atoms with Crippen LogP contribution in [-0.4, -0.2) is 45.5 Å². The number of carbonyl (C=O) groups excluding carboxylic acids is 1. The lowest BCUT2D eigenvalue weighted by Gasteiger charge is -2.58. The van der Waals surface area contributed by atoms with Gasteiger partial charge < -0.3 is 15.3 Å². The van der Waals surface area contributed by atoms with Gasteiger partial charge in [-0.05, 0) is 69.1 Å². The third-order valence-corrected chi connectivity index (χ3v) is 7.35. The number of aliphatic hydroxyl groups is 1. The van der Waals surface area contributed by atoms with Crippen molar-refractivity contribution in [3.63, 3.8) is 0 Å². The predicted octanol–water partition coefficient (Wildman–Crippen LogP) is 2.08. The Balaban J connectivity index is 1.35. The fraction of sp³-hybridized carbons (Fsp3) is 0.800. The van der Waals surface area contributed by atoms with Crippen molar-refractivity contribution in [2.24, 2.45) is 24.8 Å². The smallest absolute Gasteiger partial charge is 0.256 e. The van der Waals surface area contributed by atoms with Gasteiger partial charge in [0.2, 0.25) is 0 Å². The molecule has 26 heavy (non-hydrogen) atoms. The number of aromatic nitrogens is 2. The van der Waals surface area contributed by atoms with Crippen LogP contribution in [-0.2, 0) is 7.05 Å². The Bertz CT molecular complexity index is 693. The minimum Gasteiger partial charge on any atom is -0.390 e. The SMILES string of the molecule is Cn1ncc(C(=O)NC2[C@@H]3CC4C[C@H]2CC(O)(C4)C3)c1N1CCCCC1. The summed E-state index contributed by atoms with van der Waals surface area (Å²) in [6.45, 7) is 2.01. The highest BCUT2D eigenvalue weighted by Crippen LogP contribution is 2.55. The predicted molar refractivity (Wildman–Crippen MR) is 99.0 cm³/mol. The molecule has 1 aromatic heterocycles. The van der Waals surface area contributed by atoms with Crippen molar-refractivity contribution in [2.75, 3.05) is 18.0 Å². The molecule has 6 rings (SSSR count). The molecule has 2 N–H and O–H groups in total. The van der Waals surface area contributed by atoms with Crippen molar-refractivity contribution < 1.29 is 9.90 Å². The highest BCUT2D eigenvalue weighted by atomic mass is 16.3. The molecule has 3 unspecified atom stereocenters. The van der Waals surface area contributed by atoms with E-state index in [-0.39, 0.29) is 11.9 Å². The van der Waals surface area contributed by atoms with Crippen molar-refractivity contribution in [1.29, 1.82) is 0 Å². The van der Waals surface area contributed by atoms with Crippen molar-refractivity contribution in [1.82, 2.24) is 15.1 Å². The molecule has 2 heterocycles. The number of amides is 1. The molecule has 6 heteroatoms. The molecule has 4 aliphatic carbocycles. The van der Waals surface area contributed by atoms with Crippen LogP contribution in [0.15, 0.2) is 6.20 Å². The number of aryl methyl sites for hydroxylation is 1. The van der Waals surface area contributed by atoms with Gasteiger partial charge in [0, 0.05) is 26.2 Å². The van der Waals surface area contributed by atoms with Crippen LogP contribution in [0.4, 0.5) is 5.82 Å². The van der Waals surface area contributed by atoms with E-state index in [1.54, 1.807) is 6.20 Å². The van der Waals surface area contributed by atoms with E-state index in [4.69, 9.17) is 0 Å². The topological polar surface area (TPSA) is 70.4 Å². The van der Waals surface area contributed by atoms with Crippen LogP contribution in [0.5, 0.6) is 0 Å². The summed E-state index contributed by atoms with van der Waals surface area (Å²) in [5.74, 6) is 2.51. The quantitative estimate of drug-likeness (QED) is 0.868. The fourth-order valence-electron chi connectivity index (χ4n) is 6.52. The van der Waals surface area contributed by atoms with E-state index in [1.807, 2.05) is 11.7 Å². The van der Waals surface area contributed by atoms with Crippen LogP contribution in [0.1, 0.15) is 61.7 Å². The number of nitrogens with zero attached hydrogens (tertiary/aromatic N) is 3. The molecular weight excluding hydrogens is 328 g/mol. The number of piperidine rings is 1. The van der Waals surface area contributed by atoms with Crippen molar-refractivity contribution in [2.45, 2.75) is 63.0 Å². The Morgan fingerprint density at radius 3 is 2.54 bits per heavy atom. The first-order valence-corrected chi connectivity index (χ1v) is 10.3. The van der Waals surface area contributed by atoms with Crippen LogP contribution in [0.25, 0.3) is 0 Å². The molecule has 5 aliphatic rings. The first kappa shape index (κ1) is 16.6. The standard InChI is InChI=1S/C20H30N4O2/c1-23-19(24-5-3-2-4-6-24)16(12-21-23)18(25)22-17-14-7-13-8-15(17)11-20(26,9-13)10-14/h12-15,17,26H,2-11H2,1H3,(H,22,25)/t13?,14-,15+,17?,20?. The van der Waals surface area contributed by atoms with Crippen LogP contribution in [0.3, 0.4) is 0 Å². The van der Waals surface area contributed by atoms with E-state index >= 15 is 0 Å². The second-order valence-corrected chi connectivity index (χ2v) is 9.25. The molecule has 4 saturated carbocycles. The van der Waals surface area contributed by atoms with Gasteiger partial charge in [0.05, 0.1) is 11.8 Å². The Morgan fingerprint density at radius 2 is 1.88 bits per heavy atom. The van der Waals surface area contributed by atoms with Gasteiger partial charge in [0.15, 0.2) is 0 Å². The number of rotatable bonds is 3. The molecule has 5 atom stereocenters. The van der Waals surface area contributed by atoms with E-state index in [0.29, 0.717) is 23.3 Å². The van der Waals surface area contributed by atoms with Gasteiger partial charge in [-0.1, -0.05) is 0 Å². The molecule has 1 amide bonds. The van der Waals surface area contributed by atoms with E-state index in [1.165, 1.54) is 19.3 Å². The average molecular weight is 358 g/mol. The summed E-state index contributed by atoms with van der Waals surface area (Å²) in [6, 6.07) is 0.216. The molecule has 0 radical (unpaired) electrons. The molecule has 6 nitrogen and oxygen atoms in total. The summed E-state index contributed by atoms with van der Waals surface area (Å²) in [6.07, 6.45) is 10.4. The molecule has 0 spiro atoms. The summed E-state index contributed by atoms with van der Waals surface area (Å²) < 4.78 is 1.85. The third kappa shape index (κ3) is 2.65. The fourth-order valence-corrected chi connectivity index (χ4v) is 6.52. The summed E-state index contributed by atoms with van der Waals surface area (Å²) in [7, 11) is 1.93. The van der Waals surface area contributed by atoms with Gasteiger partial charge in [-0.3, -0.25) is 9.48 Å². The van der Waals surface area contributed by atoms with Crippen molar-refractivity contribution >= 4 is 11.7 Å². The molecule has 142 valence electrons. The molecule has 1 aliphatic heterocycles. The summed E-state index contributed by atoms with van der Waals surface area (Å²) in [4.78, 5) is 15.5. The number of carbonyl (C=O) groups is 1. The minimum atomic E-state index is -0.453.